The lowest BCUT2D eigenvalue weighted by atomic mass is 9.88. The van der Waals surface area contributed by atoms with E-state index in [0.717, 1.165) is 93.9 Å². The lowest BCUT2D eigenvalue weighted by Crippen LogP contribution is -2.24. The van der Waals surface area contributed by atoms with E-state index in [0.29, 0.717) is 25.7 Å². The highest BCUT2D eigenvalue weighted by Gasteiger charge is 2.32. The Labute approximate surface area is 586 Å². The molecular formula is C84H94Cl2N8O4. The molecule has 0 bridgehead atoms. The molecule has 12 nitrogen and oxygen atoms in total. The molecule has 6 N–H and O–H groups in total. The van der Waals surface area contributed by atoms with Crippen LogP contribution in [0.1, 0.15) is 180 Å². The standard InChI is InChI=1S/C22H26N2O.C21H23ClN2O.C21H24N2O.C20H21ClN2O/c1-15-11-16(13-22(2,25)17-7-6-10-23-14-17)21-19(12-15)18-8-4-5-9-20(18)24(21)3;1-21(25,15-6-5-9-23-13-15)12-14-10-16(22)11-18-17-7-3-4-8-19(17)24(2)20(14)18;1-14-10-15(12-21(2,24)16-6-5-9-22-13-16)20-18(11-14)17-7-3-4-8-19(17)23-20;1-20(24,14-5-4-8-22-12-14)11-13-9-15(21)10-17-16-6-2-3-7-18(16)23-19(13)17/h6-7,10-12,14,25H,4-5,8-9,13H2,1-3H3;5-6,9-11,13,25H,3-4,7-8,12H2,1-2H3;5-6,9-11,13,23-24H,3-4,7-8,12H2,1-2H3;4-5,8-10,12,23-24H,2-3,6-7,11H2,1H3. The number of nitrogens with one attached hydrogen (secondary N) is 2. The fourth-order valence-corrected chi connectivity index (χ4v) is 17.1. The molecule has 4 unspecified atom stereocenters. The average molecular weight is 1350 g/mol. The SMILES string of the molecule is CC(O)(Cc1cc(Cl)cc2c3c([nH]c12)CCCC3)c1cccnc1.Cc1cc(CC(C)(O)c2cccnc2)c2[nH]c3c(c2c1)CCCC3.Cc1cc(CC(C)(O)c2cccnc2)c2c(c1)c1c(n2C)CCCC1.Cn1c2c(c3cc(Cl)cc(CC(C)(O)c4cccnc4)c31)CCCC2. The van der Waals surface area contributed by atoms with Crippen LogP contribution < -0.4 is 0 Å². The second kappa shape index (κ2) is 28.4. The summed E-state index contributed by atoms with van der Waals surface area (Å²) in [6.07, 6.45) is 35.2. The summed E-state index contributed by atoms with van der Waals surface area (Å²) >= 11 is 12.8. The number of H-pyrrole nitrogens is 2. The summed E-state index contributed by atoms with van der Waals surface area (Å²) < 4.78 is 4.69. The number of hydrogen-bond acceptors (Lipinski definition) is 8. The highest BCUT2D eigenvalue weighted by Crippen LogP contribution is 2.42. The normalized spacial score (nSPS) is 16.7. The van der Waals surface area contributed by atoms with Gasteiger partial charge in [0.2, 0.25) is 0 Å². The van der Waals surface area contributed by atoms with Gasteiger partial charge in [-0.3, -0.25) is 19.9 Å². The maximum atomic E-state index is 11.1. The van der Waals surface area contributed by atoms with Crippen LogP contribution in [0.2, 0.25) is 10.0 Å². The molecule has 4 atom stereocenters. The molecule has 508 valence electrons. The number of benzene rings is 4. The van der Waals surface area contributed by atoms with Crippen LogP contribution >= 0.6 is 23.2 Å². The van der Waals surface area contributed by atoms with Crippen LogP contribution in [0.15, 0.2) is 147 Å². The van der Waals surface area contributed by atoms with E-state index in [1.54, 1.807) is 49.6 Å². The minimum atomic E-state index is -0.989. The quantitative estimate of drug-likeness (QED) is 0.0701. The summed E-state index contributed by atoms with van der Waals surface area (Å²) in [5.41, 5.74) is 22.9. The summed E-state index contributed by atoms with van der Waals surface area (Å²) in [6, 6.07) is 32.4. The van der Waals surface area contributed by atoms with Crippen LogP contribution in [-0.4, -0.2) is 59.5 Å². The molecule has 98 heavy (non-hydrogen) atoms. The number of pyridine rings is 4. The van der Waals surface area contributed by atoms with Crippen molar-refractivity contribution in [1.29, 1.82) is 0 Å². The van der Waals surface area contributed by atoms with Crippen LogP contribution in [0, 0.1) is 13.8 Å². The molecule has 16 rings (SSSR count). The van der Waals surface area contributed by atoms with Crippen LogP contribution in [0.25, 0.3) is 43.6 Å². The third kappa shape index (κ3) is 14.3. The van der Waals surface area contributed by atoms with Crippen LogP contribution in [0.5, 0.6) is 0 Å². The molecule has 8 aromatic heterocycles. The molecule has 0 saturated carbocycles. The molecule has 0 saturated heterocycles. The zero-order chi connectivity index (χ0) is 68.7. The number of aryl methyl sites for hydroxylation is 10. The van der Waals surface area contributed by atoms with Crippen molar-refractivity contribution in [2.75, 3.05) is 0 Å². The van der Waals surface area contributed by atoms with Crippen LogP contribution in [0.3, 0.4) is 0 Å². The van der Waals surface area contributed by atoms with E-state index in [2.05, 4.69) is 103 Å². The second-order valence-corrected chi connectivity index (χ2v) is 30.2. The van der Waals surface area contributed by atoms with Gasteiger partial charge in [0.25, 0.3) is 0 Å². The van der Waals surface area contributed by atoms with Gasteiger partial charge in [0, 0.05) is 177 Å². The van der Waals surface area contributed by atoms with Gasteiger partial charge in [-0.15, -0.1) is 0 Å². The van der Waals surface area contributed by atoms with E-state index in [4.69, 9.17) is 23.2 Å². The first kappa shape index (κ1) is 68.6. The monoisotopic (exact) mass is 1350 g/mol. The molecule has 4 aliphatic carbocycles. The zero-order valence-electron chi connectivity index (χ0n) is 58.2. The van der Waals surface area contributed by atoms with Gasteiger partial charge < -0.3 is 39.5 Å². The Bertz CT molecular complexity index is 4530. The van der Waals surface area contributed by atoms with E-state index < -0.39 is 22.4 Å². The van der Waals surface area contributed by atoms with Crippen molar-refractivity contribution in [2.45, 2.75) is 192 Å². The van der Waals surface area contributed by atoms with Gasteiger partial charge in [0.1, 0.15) is 0 Å². The summed E-state index contributed by atoms with van der Waals surface area (Å²) in [5, 5.41) is 50.9. The first-order valence-corrected chi connectivity index (χ1v) is 36.1. The third-order valence-corrected chi connectivity index (χ3v) is 21.9. The van der Waals surface area contributed by atoms with E-state index in [1.807, 2.05) is 88.4 Å². The van der Waals surface area contributed by atoms with Gasteiger partial charge in [-0.25, -0.2) is 0 Å². The molecule has 0 fully saturated rings. The Morgan fingerprint density at radius 2 is 0.694 bits per heavy atom. The maximum absolute atomic E-state index is 11.1. The molecule has 4 aliphatic rings. The zero-order valence-corrected chi connectivity index (χ0v) is 59.7. The Balaban J connectivity index is 0.000000118. The van der Waals surface area contributed by atoms with Crippen LogP contribution in [0.4, 0.5) is 0 Å². The van der Waals surface area contributed by atoms with Gasteiger partial charge in [-0.2, -0.15) is 0 Å². The molecule has 0 amide bonds. The number of rotatable bonds is 12. The molecule has 14 heteroatoms. The molecule has 12 aromatic rings. The van der Waals surface area contributed by atoms with E-state index in [9.17, 15) is 20.4 Å². The van der Waals surface area contributed by atoms with Crippen molar-refractivity contribution >= 4 is 66.8 Å². The van der Waals surface area contributed by atoms with Crippen molar-refractivity contribution < 1.29 is 20.4 Å². The first-order valence-electron chi connectivity index (χ1n) is 35.4. The van der Waals surface area contributed by atoms with Gasteiger partial charge in [-0.05, 0) is 249 Å². The summed E-state index contributed by atoms with van der Waals surface area (Å²) in [7, 11) is 4.33. The topological polar surface area (TPSA) is 174 Å². The number of hydrogen-bond donors (Lipinski definition) is 6. The van der Waals surface area contributed by atoms with E-state index >= 15 is 0 Å². The summed E-state index contributed by atoms with van der Waals surface area (Å²) in [5.74, 6) is 0. The molecule has 4 aromatic carbocycles. The third-order valence-electron chi connectivity index (χ3n) is 21.5. The molecular weight excluding hydrogens is 1260 g/mol. The van der Waals surface area contributed by atoms with Gasteiger partial charge >= 0.3 is 0 Å². The molecule has 0 radical (unpaired) electrons. The average Bonchev–Trinajstić information content (AvgIpc) is 1.60. The fraction of sp³-hybridized carbons (Fsp3) is 0.381. The summed E-state index contributed by atoms with van der Waals surface area (Å²) in [4.78, 5) is 23.9. The predicted octanol–water partition coefficient (Wildman–Crippen LogP) is 17.5. The first-order chi connectivity index (χ1) is 47.0. The lowest BCUT2D eigenvalue weighted by Gasteiger charge is -2.24. The van der Waals surface area contributed by atoms with Crippen molar-refractivity contribution in [3.8, 4) is 0 Å². The minimum absolute atomic E-state index is 0.495. The predicted molar refractivity (Wildman–Crippen MR) is 399 cm³/mol. The highest BCUT2D eigenvalue weighted by molar-refractivity contribution is 6.32. The second-order valence-electron chi connectivity index (χ2n) is 29.3. The number of nitrogens with zero attached hydrogens (tertiary/aromatic N) is 6. The highest BCUT2D eigenvalue weighted by atomic mass is 35.5. The fourth-order valence-electron chi connectivity index (χ4n) is 16.6. The van der Waals surface area contributed by atoms with Crippen molar-refractivity contribution in [1.82, 2.24) is 39.0 Å². The van der Waals surface area contributed by atoms with Crippen molar-refractivity contribution in [3.05, 3.63) is 257 Å². The van der Waals surface area contributed by atoms with Gasteiger partial charge in [-0.1, -0.05) is 70.7 Å². The minimum Gasteiger partial charge on any atom is -0.385 e. The molecule has 0 aliphatic heterocycles. The number of aromatic amines is 2. The Morgan fingerprint density at radius 3 is 1.10 bits per heavy atom. The Kier molecular flexibility index (Phi) is 19.8. The van der Waals surface area contributed by atoms with Gasteiger partial charge in [0.15, 0.2) is 0 Å². The largest absolute Gasteiger partial charge is 0.385 e. The number of fused-ring (bicyclic) bond motifs is 12. The van der Waals surface area contributed by atoms with E-state index in [-0.39, 0.29) is 0 Å². The smallest absolute Gasteiger partial charge is 0.0924 e. The number of halogens is 2. The van der Waals surface area contributed by atoms with Crippen molar-refractivity contribution in [2.24, 2.45) is 14.1 Å². The maximum Gasteiger partial charge on any atom is 0.0924 e. The van der Waals surface area contributed by atoms with Gasteiger partial charge in [0.05, 0.1) is 33.4 Å². The van der Waals surface area contributed by atoms with E-state index in [1.165, 1.54) is 163 Å². The number of aliphatic hydroxyl groups is 4. The Hall–Kier alpha value is -7.94. The summed E-state index contributed by atoms with van der Waals surface area (Å²) in [6.45, 7) is 11.7. The molecule has 8 heterocycles. The van der Waals surface area contributed by atoms with Crippen LogP contribution in [-0.2, 0) is 114 Å². The Morgan fingerprint density at radius 1 is 0.388 bits per heavy atom. The molecule has 0 spiro atoms. The lowest BCUT2D eigenvalue weighted by molar-refractivity contribution is 0.0570. The van der Waals surface area contributed by atoms with Crippen molar-refractivity contribution in [3.63, 3.8) is 0 Å². The number of aromatic nitrogens is 8.